The molecule has 0 bridgehead atoms. The van der Waals surface area contributed by atoms with Crippen LogP contribution in [0.2, 0.25) is 10.0 Å². The lowest BCUT2D eigenvalue weighted by atomic mass is 10.2. The van der Waals surface area contributed by atoms with Crippen molar-refractivity contribution in [2.45, 2.75) is 0 Å². The van der Waals surface area contributed by atoms with Gasteiger partial charge in [-0.2, -0.15) is 0 Å². The predicted octanol–water partition coefficient (Wildman–Crippen LogP) is 5.19. The van der Waals surface area contributed by atoms with E-state index in [1.165, 1.54) is 0 Å². The first-order valence-electron chi connectivity index (χ1n) is 6.74. The van der Waals surface area contributed by atoms with E-state index < -0.39 is 0 Å². The highest BCUT2D eigenvalue weighted by Crippen LogP contribution is 2.33. The molecule has 2 heterocycles. The summed E-state index contributed by atoms with van der Waals surface area (Å²) in [6.07, 6.45) is 0. The van der Waals surface area contributed by atoms with E-state index in [2.05, 4.69) is 9.97 Å². The molecule has 0 saturated heterocycles. The summed E-state index contributed by atoms with van der Waals surface area (Å²) in [6.45, 7) is 0. The van der Waals surface area contributed by atoms with Crippen LogP contribution in [0.5, 0.6) is 0 Å². The zero-order chi connectivity index (χ0) is 15.3. The van der Waals surface area contributed by atoms with Gasteiger partial charge in [0.05, 0.1) is 10.0 Å². The Balaban J connectivity index is 1.92. The molecular weight excluding hydrogens is 319 g/mol. The lowest BCUT2D eigenvalue weighted by Gasteiger charge is -1.97. The molecule has 0 aliphatic heterocycles. The van der Waals surface area contributed by atoms with Crippen LogP contribution < -0.4 is 0 Å². The van der Waals surface area contributed by atoms with Crippen molar-refractivity contribution in [3.63, 3.8) is 0 Å². The Hall–Kier alpha value is -2.23. The second kappa shape index (κ2) is 4.90. The Labute approximate surface area is 135 Å². The number of H-pyrrole nitrogens is 2. The fraction of sp³-hybridized carbons (Fsp3) is 0. The number of ketones is 1. The molecule has 0 saturated carbocycles. The molecule has 0 unspecified atom stereocenters. The summed E-state index contributed by atoms with van der Waals surface area (Å²) in [4.78, 5) is 18.9. The molecule has 0 atom stereocenters. The van der Waals surface area contributed by atoms with Crippen molar-refractivity contribution in [3.05, 3.63) is 70.0 Å². The van der Waals surface area contributed by atoms with E-state index in [1.54, 1.807) is 0 Å². The molecular formula is C17H10Cl2N2O. The summed E-state index contributed by atoms with van der Waals surface area (Å²) >= 11 is 12.7. The molecule has 2 N–H and O–H groups in total. The van der Waals surface area contributed by atoms with Gasteiger partial charge in [0.15, 0.2) is 0 Å². The van der Waals surface area contributed by atoms with Gasteiger partial charge in [-0.25, -0.2) is 0 Å². The Bertz CT molecular complexity index is 948. The van der Waals surface area contributed by atoms with Crippen molar-refractivity contribution in [2.24, 2.45) is 0 Å². The first-order valence-corrected chi connectivity index (χ1v) is 7.49. The first-order chi connectivity index (χ1) is 10.7. The van der Waals surface area contributed by atoms with Crippen LogP contribution in [-0.4, -0.2) is 15.8 Å². The minimum atomic E-state index is -0.248. The predicted molar refractivity (Wildman–Crippen MR) is 90.0 cm³/mol. The third-order valence-electron chi connectivity index (χ3n) is 3.74. The van der Waals surface area contributed by atoms with Gasteiger partial charge in [-0.15, -0.1) is 0 Å². The average molecular weight is 329 g/mol. The molecule has 4 aromatic rings. The summed E-state index contributed by atoms with van der Waals surface area (Å²) in [5.41, 5.74) is 2.33. The zero-order valence-corrected chi connectivity index (χ0v) is 12.8. The van der Waals surface area contributed by atoms with Crippen LogP contribution in [0.4, 0.5) is 0 Å². The number of aromatic amines is 2. The van der Waals surface area contributed by atoms with Crippen molar-refractivity contribution >= 4 is 50.8 Å². The molecule has 0 amide bonds. The first kappa shape index (κ1) is 13.4. The van der Waals surface area contributed by atoms with Crippen molar-refractivity contribution in [3.8, 4) is 0 Å². The molecule has 5 heteroatoms. The van der Waals surface area contributed by atoms with Crippen molar-refractivity contribution in [1.82, 2.24) is 9.97 Å². The van der Waals surface area contributed by atoms with Crippen molar-refractivity contribution in [1.29, 1.82) is 0 Å². The number of hydrogen-bond donors (Lipinski definition) is 2. The minimum absolute atomic E-state index is 0.248. The van der Waals surface area contributed by atoms with Gasteiger partial charge in [0, 0.05) is 21.8 Å². The Morgan fingerprint density at radius 1 is 0.727 bits per heavy atom. The number of nitrogens with one attached hydrogen (secondary N) is 2. The summed E-state index contributed by atoms with van der Waals surface area (Å²) < 4.78 is 0. The second-order valence-corrected chi connectivity index (χ2v) is 5.80. The number of benzene rings is 2. The number of aromatic nitrogens is 2. The number of carbonyl (C=O) groups is 1. The van der Waals surface area contributed by atoms with Gasteiger partial charge in [0.25, 0.3) is 0 Å². The molecule has 0 fully saturated rings. The minimum Gasteiger partial charge on any atom is -0.350 e. The number of para-hydroxylation sites is 2. The molecule has 108 valence electrons. The lowest BCUT2D eigenvalue weighted by molar-refractivity contribution is 0.103. The SMILES string of the molecule is O=C(c1[nH]c2ccccc2c1Cl)c1[nH]c2ccccc2c1Cl. The van der Waals surface area contributed by atoms with Gasteiger partial charge in [0.2, 0.25) is 5.78 Å². The normalized spacial score (nSPS) is 11.4. The Morgan fingerprint density at radius 2 is 1.14 bits per heavy atom. The van der Waals surface area contributed by atoms with E-state index in [4.69, 9.17) is 23.2 Å². The maximum absolute atomic E-state index is 12.8. The third kappa shape index (κ3) is 1.86. The molecule has 0 spiro atoms. The summed E-state index contributed by atoms with van der Waals surface area (Å²) in [6, 6.07) is 15.0. The summed E-state index contributed by atoms with van der Waals surface area (Å²) in [5, 5.41) is 2.46. The molecule has 3 nitrogen and oxygen atoms in total. The third-order valence-corrected chi connectivity index (χ3v) is 4.52. The summed E-state index contributed by atoms with van der Waals surface area (Å²) in [7, 11) is 0. The molecule has 2 aromatic heterocycles. The molecule has 22 heavy (non-hydrogen) atoms. The molecule has 2 aromatic carbocycles. The molecule has 0 aliphatic carbocycles. The van der Waals surface area contributed by atoms with Crippen LogP contribution in [0.25, 0.3) is 21.8 Å². The van der Waals surface area contributed by atoms with Crippen LogP contribution in [0.3, 0.4) is 0 Å². The van der Waals surface area contributed by atoms with Gasteiger partial charge in [-0.1, -0.05) is 59.6 Å². The number of halogens is 2. The van der Waals surface area contributed by atoms with Crippen molar-refractivity contribution in [2.75, 3.05) is 0 Å². The van der Waals surface area contributed by atoms with Gasteiger partial charge in [0.1, 0.15) is 11.4 Å². The van der Waals surface area contributed by atoms with Crippen LogP contribution >= 0.6 is 23.2 Å². The van der Waals surface area contributed by atoms with Crippen LogP contribution in [0.15, 0.2) is 48.5 Å². The molecule has 4 rings (SSSR count). The standard InChI is InChI=1S/C17H10Cl2N2O/c18-13-9-5-1-3-7-11(9)20-15(13)17(22)16-14(19)10-6-2-4-8-12(10)21-16/h1-8,20-21H. The topological polar surface area (TPSA) is 48.6 Å². The number of fused-ring (bicyclic) bond motifs is 2. The number of hydrogen-bond acceptors (Lipinski definition) is 1. The highest BCUT2D eigenvalue weighted by atomic mass is 35.5. The van der Waals surface area contributed by atoms with Crippen LogP contribution in [0, 0.1) is 0 Å². The lowest BCUT2D eigenvalue weighted by Crippen LogP contribution is -2.03. The highest BCUT2D eigenvalue weighted by Gasteiger charge is 2.22. The maximum Gasteiger partial charge on any atom is 0.228 e. The maximum atomic E-state index is 12.8. The van der Waals surface area contributed by atoms with E-state index in [0.29, 0.717) is 21.4 Å². The number of rotatable bonds is 2. The highest BCUT2D eigenvalue weighted by molar-refractivity contribution is 6.42. The van der Waals surface area contributed by atoms with Gasteiger partial charge < -0.3 is 9.97 Å². The van der Waals surface area contributed by atoms with Crippen molar-refractivity contribution < 1.29 is 4.79 Å². The van der Waals surface area contributed by atoms with E-state index in [-0.39, 0.29) is 5.78 Å². The zero-order valence-electron chi connectivity index (χ0n) is 11.3. The van der Waals surface area contributed by atoms with Crippen LogP contribution in [-0.2, 0) is 0 Å². The summed E-state index contributed by atoms with van der Waals surface area (Å²) in [5.74, 6) is -0.248. The Morgan fingerprint density at radius 3 is 1.55 bits per heavy atom. The van der Waals surface area contributed by atoms with E-state index in [1.807, 2.05) is 48.5 Å². The van der Waals surface area contributed by atoms with Gasteiger partial charge in [-0.3, -0.25) is 4.79 Å². The van der Waals surface area contributed by atoms with Gasteiger partial charge in [-0.05, 0) is 12.1 Å². The van der Waals surface area contributed by atoms with E-state index in [0.717, 1.165) is 21.8 Å². The monoisotopic (exact) mass is 328 g/mol. The van der Waals surface area contributed by atoms with Crippen LogP contribution in [0.1, 0.15) is 16.2 Å². The van der Waals surface area contributed by atoms with E-state index in [9.17, 15) is 4.79 Å². The smallest absolute Gasteiger partial charge is 0.228 e. The van der Waals surface area contributed by atoms with Gasteiger partial charge >= 0.3 is 0 Å². The Kier molecular flexibility index (Phi) is 2.99. The quantitative estimate of drug-likeness (QED) is 0.489. The largest absolute Gasteiger partial charge is 0.350 e. The average Bonchev–Trinajstić information content (AvgIpc) is 3.06. The number of carbonyl (C=O) groups excluding carboxylic acids is 1. The molecule has 0 radical (unpaired) electrons. The second-order valence-electron chi connectivity index (χ2n) is 5.05. The molecule has 0 aliphatic rings. The van der Waals surface area contributed by atoms with E-state index >= 15 is 0 Å². The fourth-order valence-electron chi connectivity index (χ4n) is 2.65. The fourth-order valence-corrected chi connectivity index (χ4v) is 3.25.